The molecule has 0 saturated carbocycles. The maximum absolute atomic E-state index is 6.07. The highest BCUT2D eigenvalue weighted by atomic mass is 35.5. The summed E-state index contributed by atoms with van der Waals surface area (Å²) >= 11 is 6.07. The zero-order chi connectivity index (χ0) is 12.7. The minimum atomic E-state index is 0.194. The van der Waals surface area contributed by atoms with Gasteiger partial charge in [0, 0.05) is 32.3 Å². The number of aliphatic imine (C=N–C) groups is 1. The van der Waals surface area contributed by atoms with Gasteiger partial charge in [0.05, 0.1) is 13.2 Å². The number of hydrazine groups is 1. The van der Waals surface area contributed by atoms with E-state index in [0.717, 1.165) is 32.1 Å². The van der Waals surface area contributed by atoms with E-state index >= 15 is 0 Å². The first-order valence-electron chi connectivity index (χ1n) is 5.84. The second-order valence-electron chi connectivity index (χ2n) is 4.05. The fourth-order valence-electron chi connectivity index (χ4n) is 1.54. The average molecular weight is 261 g/mol. The summed E-state index contributed by atoms with van der Waals surface area (Å²) in [5.41, 5.74) is 5.98. The van der Waals surface area contributed by atoms with Crippen LogP contribution in [0.25, 0.3) is 0 Å². The molecule has 2 N–H and O–H groups in total. The van der Waals surface area contributed by atoms with Crippen molar-refractivity contribution in [3.05, 3.63) is 11.9 Å². The third-order valence-corrected chi connectivity index (χ3v) is 2.45. The number of nitrogens with zero attached hydrogens (tertiary/aromatic N) is 2. The van der Waals surface area contributed by atoms with Crippen molar-refractivity contribution in [1.29, 1.82) is 0 Å². The van der Waals surface area contributed by atoms with Gasteiger partial charge in [0.25, 0.3) is 0 Å². The highest BCUT2D eigenvalue weighted by Gasteiger charge is 2.13. The molecule has 5 nitrogen and oxygen atoms in total. The SMILES string of the molecule is CNN/C(=C\C(Cl)=NC(C)C)N1CCOCC1. The van der Waals surface area contributed by atoms with E-state index in [1.54, 1.807) is 0 Å². The smallest absolute Gasteiger partial charge is 0.127 e. The predicted molar refractivity (Wildman–Crippen MR) is 71.1 cm³/mol. The molecule has 98 valence electrons. The van der Waals surface area contributed by atoms with Crippen molar-refractivity contribution in [1.82, 2.24) is 15.8 Å². The minimum Gasteiger partial charge on any atom is -0.378 e. The zero-order valence-electron chi connectivity index (χ0n) is 10.7. The lowest BCUT2D eigenvalue weighted by Gasteiger charge is -2.31. The van der Waals surface area contributed by atoms with E-state index in [2.05, 4.69) is 20.7 Å². The van der Waals surface area contributed by atoms with Crippen molar-refractivity contribution in [2.24, 2.45) is 4.99 Å². The molecule has 0 aromatic carbocycles. The van der Waals surface area contributed by atoms with E-state index in [1.807, 2.05) is 27.0 Å². The monoisotopic (exact) mass is 260 g/mol. The molecule has 0 amide bonds. The second-order valence-corrected chi connectivity index (χ2v) is 4.44. The van der Waals surface area contributed by atoms with Crippen molar-refractivity contribution >= 4 is 16.8 Å². The van der Waals surface area contributed by atoms with Gasteiger partial charge in [-0.05, 0) is 13.8 Å². The summed E-state index contributed by atoms with van der Waals surface area (Å²) in [6.07, 6.45) is 1.84. The van der Waals surface area contributed by atoms with Crippen LogP contribution in [0.3, 0.4) is 0 Å². The Bertz CT molecular complexity index is 285. The first-order valence-corrected chi connectivity index (χ1v) is 6.21. The Morgan fingerprint density at radius 1 is 1.41 bits per heavy atom. The molecule has 0 aromatic heterocycles. The molecule has 0 unspecified atom stereocenters. The molecule has 1 aliphatic heterocycles. The summed E-state index contributed by atoms with van der Waals surface area (Å²) in [5, 5.41) is 0.504. The van der Waals surface area contributed by atoms with Gasteiger partial charge in [-0.1, -0.05) is 11.6 Å². The van der Waals surface area contributed by atoms with Crippen molar-refractivity contribution in [3.63, 3.8) is 0 Å². The molecule has 1 saturated heterocycles. The maximum atomic E-state index is 6.07. The number of nitrogens with one attached hydrogen (secondary N) is 2. The molecule has 1 aliphatic rings. The van der Waals surface area contributed by atoms with Gasteiger partial charge in [-0.25, -0.2) is 5.43 Å². The van der Waals surface area contributed by atoms with Gasteiger partial charge < -0.3 is 15.1 Å². The van der Waals surface area contributed by atoms with E-state index in [0.29, 0.717) is 5.17 Å². The van der Waals surface area contributed by atoms with Gasteiger partial charge in [0.15, 0.2) is 0 Å². The van der Waals surface area contributed by atoms with E-state index in [9.17, 15) is 0 Å². The highest BCUT2D eigenvalue weighted by Crippen LogP contribution is 2.06. The first-order chi connectivity index (χ1) is 8.13. The van der Waals surface area contributed by atoms with E-state index in [1.165, 1.54) is 0 Å². The molecule has 0 radical (unpaired) electrons. The Hall–Kier alpha value is -0.780. The summed E-state index contributed by atoms with van der Waals surface area (Å²) in [4.78, 5) is 6.45. The summed E-state index contributed by atoms with van der Waals surface area (Å²) in [6.45, 7) is 7.17. The molecular formula is C11H21ClN4O. The standard InChI is InChI=1S/C11H21ClN4O/c1-9(2)14-10(12)8-11(15-13-3)16-4-6-17-7-5-16/h8-9,13,15H,4-7H2,1-3H3/b11-8+,14-10?. The Morgan fingerprint density at radius 3 is 2.59 bits per heavy atom. The maximum Gasteiger partial charge on any atom is 0.127 e. The number of ether oxygens (including phenoxy) is 1. The lowest BCUT2D eigenvalue weighted by atomic mass is 10.4. The van der Waals surface area contributed by atoms with Crippen molar-refractivity contribution in [2.75, 3.05) is 33.4 Å². The van der Waals surface area contributed by atoms with Crippen LogP contribution in [0.2, 0.25) is 0 Å². The Labute approximate surface area is 108 Å². The fourth-order valence-corrected chi connectivity index (χ4v) is 1.83. The van der Waals surface area contributed by atoms with Crippen LogP contribution in [0.15, 0.2) is 16.9 Å². The van der Waals surface area contributed by atoms with Crippen LogP contribution in [0, 0.1) is 0 Å². The van der Waals surface area contributed by atoms with Crippen LogP contribution in [0.5, 0.6) is 0 Å². The van der Waals surface area contributed by atoms with Gasteiger partial charge in [0.2, 0.25) is 0 Å². The van der Waals surface area contributed by atoms with Gasteiger partial charge in [-0.15, -0.1) is 0 Å². The van der Waals surface area contributed by atoms with Crippen molar-refractivity contribution in [2.45, 2.75) is 19.9 Å². The van der Waals surface area contributed by atoms with Crippen LogP contribution < -0.4 is 10.9 Å². The third kappa shape index (κ3) is 5.39. The molecular weight excluding hydrogens is 240 g/mol. The summed E-state index contributed by atoms with van der Waals surface area (Å²) < 4.78 is 5.32. The van der Waals surface area contributed by atoms with Gasteiger partial charge in [-0.3, -0.25) is 4.99 Å². The Balaban J connectivity index is 2.72. The van der Waals surface area contributed by atoms with Crippen molar-refractivity contribution in [3.8, 4) is 0 Å². The molecule has 1 heterocycles. The molecule has 1 fully saturated rings. The molecule has 6 heteroatoms. The normalized spacial score (nSPS) is 18.8. The van der Waals surface area contributed by atoms with Gasteiger partial charge in [-0.2, -0.15) is 0 Å². The molecule has 0 aliphatic carbocycles. The number of hydrogen-bond donors (Lipinski definition) is 2. The molecule has 0 atom stereocenters. The fraction of sp³-hybridized carbons (Fsp3) is 0.727. The number of rotatable bonds is 5. The largest absolute Gasteiger partial charge is 0.378 e. The quantitative estimate of drug-likeness (QED) is 0.570. The Morgan fingerprint density at radius 2 is 2.06 bits per heavy atom. The van der Waals surface area contributed by atoms with Crippen LogP contribution in [0.4, 0.5) is 0 Å². The summed E-state index contributed by atoms with van der Waals surface area (Å²) in [6, 6.07) is 0.194. The van der Waals surface area contributed by atoms with Crippen LogP contribution in [0.1, 0.15) is 13.8 Å². The number of halogens is 1. The van der Waals surface area contributed by atoms with Crippen LogP contribution in [-0.4, -0.2) is 49.5 Å². The predicted octanol–water partition coefficient (Wildman–Crippen LogP) is 0.930. The Kier molecular flexibility index (Phi) is 6.32. The summed E-state index contributed by atoms with van der Waals surface area (Å²) in [7, 11) is 1.82. The van der Waals surface area contributed by atoms with E-state index < -0.39 is 0 Å². The summed E-state index contributed by atoms with van der Waals surface area (Å²) in [5.74, 6) is 0.921. The molecule has 17 heavy (non-hydrogen) atoms. The molecule has 0 bridgehead atoms. The first kappa shape index (κ1) is 14.3. The zero-order valence-corrected chi connectivity index (χ0v) is 11.4. The second kappa shape index (κ2) is 7.53. The van der Waals surface area contributed by atoms with Crippen LogP contribution in [-0.2, 0) is 4.74 Å². The minimum absolute atomic E-state index is 0.194. The molecule has 1 rings (SSSR count). The van der Waals surface area contributed by atoms with Gasteiger partial charge >= 0.3 is 0 Å². The number of hydrogen-bond acceptors (Lipinski definition) is 5. The van der Waals surface area contributed by atoms with E-state index in [-0.39, 0.29) is 6.04 Å². The average Bonchev–Trinajstić information content (AvgIpc) is 2.28. The molecule has 0 spiro atoms. The number of morpholine rings is 1. The van der Waals surface area contributed by atoms with Gasteiger partial charge in [0.1, 0.15) is 11.0 Å². The molecule has 0 aromatic rings. The van der Waals surface area contributed by atoms with Crippen molar-refractivity contribution < 1.29 is 4.74 Å². The lowest BCUT2D eigenvalue weighted by molar-refractivity contribution is 0.0496. The topological polar surface area (TPSA) is 48.9 Å². The highest BCUT2D eigenvalue weighted by molar-refractivity contribution is 6.68. The third-order valence-electron chi connectivity index (χ3n) is 2.24. The van der Waals surface area contributed by atoms with E-state index in [4.69, 9.17) is 16.3 Å². The van der Waals surface area contributed by atoms with Crippen LogP contribution >= 0.6 is 11.6 Å². The lowest BCUT2D eigenvalue weighted by Crippen LogP contribution is -2.43. The number of allylic oxidation sites excluding steroid dienone is 1.